The summed E-state index contributed by atoms with van der Waals surface area (Å²) in [7, 11) is 3.52. The monoisotopic (exact) mass is 287 g/mol. The highest BCUT2D eigenvalue weighted by Gasteiger charge is 2.10. The van der Waals surface area contributed by atoms with Gasteiger partial charge in [-0.05, 0) is 18.9 Å². The third-order valence-corrected chi connectivity index (χ3v) is 3.04. The molecular weight excluding hydrogens is 266 g/mol. The number of anilines is 2. The minimum absolute atomic E-state index is 0.322. The summed E-state index contributed by atoms with van der Waals surface area (Å²) in [6.07, 6.45) is 0.932. The Hall–Kier alpha value is -2.37. The smallest absolute Gasteiger partial charge is 0.322 e. The van der Waals surface area contributed by atoms with Gasteiger partial charge in [0.05, 0.1) is 7.11 Å². The van der Waals surface area contributed by atoms with Gasteiger partial charge in [-0.1, -0.05) is 30.3 Å². The van der Waals surface area contributed by atoms with Crippen LogP contribution < -0.4 is 15.0 Å². The van der Waals surface area contributed by atoms with Crippen LogP contribution in [0.5, 0.6) is 6.01 Å². The second-order valence-corrected chi connectivity index (χ2v) is 4.63. The van der Waals surface area contributed by atoms with Gasteiger partial charge in [0.15, 0.2) is 0 Å². The largest absolute Gasteiger partial charge is 0.467 e. The molecular formula is C15H21N5O. The van der Waals surface area contributed by atoms with Crippen molar-refractivity contribution in [1.29, 1.82) is 0 Å². The van der Waals surface area contributed by atoms with Crippen molar-refractivity contribution in [2.24, 2.45) is 0 Å². The maximum Gasteiger partial charge on any atom is 0.322 e. The third-order valence-electron chi connectivity index (χ3n) is 3.04. The number of rotatable bonds is 7. The highest BCUT2D eigenvalue weighted by Crippen LogP contribution is 2.14. The van der Waals surface area contributed by atoms with Gasteiger partial charge in [0.25, 0.3) is 0 Å². The molecule has 0 unspecified atom stereocenters. The van der Waals surface area contributed by atoms with Gasteiger partial charge in [-0.2, -0.15) is 15.0 Å². The zero-order chi connectivity index (χ0) is 15.1. The first-order valence-corrected chi connectivity index (χ1v) is 7.02. The quantitative estimate of drug-likeness (QED) is 0.840. The van der Waals surface area contributed by atoms with Crippen LogP contribution in [0.3, 0.4) is 0 Å². The van der Waals surface area contributed by atoms with Crippen molar-refractivity contribution in [3.8, 4) is 6.01 Å². The molecule has 6 heteroatoms. The number of nitrogens with one attached hydrogen (secondary N) is 1. The lowest BCUT2D eigenvalue weighted by atomic mass is 10.1. The van der Waals surface area contributed by atoms with Crippen molar-refractivity contribution in [3.63, 3.8) is 0 Å². The number of likely N-dealkylation sites (N-methyl/N-ethyl adjacent to an activating group) is 1. The minimum atomic E-state index is 0.322. The second-order valence-electron chi connectivity index (χ2n) is 4.63. The Morgan fingerprint density at radius 2 is 1.90 bits per heavy atom. The first kappa shape index (κ1) is 15.0. The molecule has 2 aromatic rings. The summed E-state index contributed by atoms with van der Waals surface area (Å²) >= 11 is 0. The number of methoxy groups -OCH3 is 1. The Balaban J connectivity index is 2.07. The van der Waals surface area contributed by atoms with E-state index in [2.05, 4.69) is 32.4 Å². The van der Waals surface area contributed by atoms with Crippen LogP contribution in [0.25, 0.3) is 0 Å². The molecule has 112 valence electrons. The molecule has 0 saturated carbocycles. The molecule has 0 fully saturated rings. The Morgan fingerprint density at radius 1 is 1.14 bits per heavy atom. The van der Waals surface area contributed by atoms with Crippen molar-refractivity contribution in [2.75, 3.05) is 37.5 Å². The summed E-state index contributed by atoms with van der Waals surface area (Å²) in [6.45, 7) is 3.57. The van der Waals surface area contributed by atoms with Crippen LogP contribution in [-0.4, -0.2) is 42.2 Å². The molecule has 0 radical (unpaired) electrons. The fraction of sp³-hybridized carbons (Fsp3) is 0.400. The van der Waals surface area contributed by atoms with Crippen molar-refractivity contribution < 1.29 is 4.74 Å². The lowest BCUT2D eigenvalue weighted by molar-refractivity contribution is 0.379. The van der Waals surface area contributed by atoms with E-state index in [4.69, 9.17) is 4.74 Å². The third kappa shape index (κ3) is 4.30. The number of benzene rings is 1. The predicted molar refractivity (Wildman–Crippen MR) is 84.0 cm³/mol. The number of aromatic nitrogens is 3. The first-order chi connectivity index (χ1) is 10.2. The Bertz CT molecular complexity index is 561. The van der Waals surface area contributed by atoms with Gasteiger partial charge >= 0.3 is 6.01 Å². The predicted octanol–water partition coefficient (Wildman–Crippen LogP) is 1.99. The molecule has 0 spiro atoms. The van der Waals surface area contributed by atoms with Crippen LogP contribution in [0.2, 0.25) is 0 Å². The lowest BCUT2D eigenvalue weighted by Crippen LogP contribution is -2.23. The molecule has 0 amide bonds. The van der Waals surface area contributed by atoms with E-state index in [9.17, 15) is 0 Å². The fourth-order valence-corrected chi connectivity index (χ4v) is 1.89. The number of nitrogens with zero attached hydrogens (tertiary/aromatic N) is 4. The van der Waals surface area contributed by atoms with E-state index in [-0.39, 0.29) is 0 Å². The van der Waals surface area contributed by atoms with Gasteiger partial charge in [0.2, 0.25) is 11.9 Å². The Kier molecular flexibility index (Phi) is 5.31. The highest BCUT2D eigenvalue weighted by molar-refractivity contribution is 5.37. The van der Waals surface area contributed by atoms with Crippen LogP contribution in [-0.2, 0) is 6.42 Å². The van der Waals surface area contributed by atoms with Gasteiger partial charge < -0.3 is 15.0 Å². The molecule has 0 aliphatic heterocycles. The molecule has 0 atom stereocenters. The van der Waals surface area contributed by atoms with Crippen LogP contribution in [0.1, 0.15) is 12.5 Å². The van der Waals surface area contributed by atoms with Gasteiger partial charge in [0.1, 0.15) is 0 Å². The average molecular weight is 287 g/mol. The number of hydrogen-bond donors (Lipinski definition) is 1. The second kappa shape index (κ2) is 7.42. The summed E-state index contributed by atoms with van der Waals surface area (Å²) in [5, 5.41) is 3.08. The van der Waals surface area contributed by atoms with E-state index >= 15 is 0 Å². The van der Waals surface area contributed by atoms with Crippen LogP contribution in [0.15, 0.2) is 30.3 Å². The van der Waals surface area contributed by atoms with Crippen molar-refractivity contribution >= 4 is 11.9 Å². The number of hydrogen-bond acceptors (Lipinski definition) is 6. The van der Waals surface area contributed by atoms with Crippen LogP contribution in [0.4, 0.5) is 11.9 Å². The van der Waals surface area contributed by atoms with E-state index in [1.54, 1.807) is 7.11 Å². The van der Waals surface area contributed by atoms with Gasteiger partial charge in [-0.25, -0.2) is 0 Å². The SMILES string of the molecule is CCNc1nc(OC)nc(N(C)CCc2ccccc2)n1. The fourth-order valence-electron chi connectivity index (χ4n) is 1.89. The summed E-state index contributed by atoms with van der Waals surface area (Å²) in [5.74, 6) is 1.14. The van der Waals surface area contributed by atoms with Gasteiger partial charge in [0, 0.05) is 20.1 Å². The molecule has 1 aromatic heterocycles. The standard InChI is InChI=1S/C15H21N5O/c1-4-16-13-17-14(19-15(18-13)21-3)20(2)11-10-12-8-6-5-7-9-12/h5-9H,4,10-11H2,1-3H3,(H,16,17,18,19). The summed E-state index contributed by atoms with van der Waals surface area (Å²) < 4.78 is 5.13. The van der Waals surface area contributed by atoms with E-state index in [1.165, 1.54) is 5.56 Å². The lowest BCUT2D eigenvalue weighted by Gasteiger charge is -2.18. The van der Waals surface area contributed by atoms with Crippen LogP contribution >= 0.6 is 0 Å². The van der Waals surface area contributed by atoms with Crippen molar-refractivity contribution in [2.45, 2.75) is 13.3 Å². The molecule has 21 heavy (non-hydrogen) atoms. The minimum Gasteiger partial charge on any atom is -0.467 e. The molecule has 1 heterocycles. The normalized spacial score (nSPS) is 10.2. The highest BCUT2D eigenvalue weighted by atomic mass is 16.5. The zero-order valence-electron chi connectivity index (χ0n) is 12.7. The molecule has 0 bridgehead atoms. The van der Waals surface area contributed by atoms with Gasteiger partial charge in [-0.15, -0.1) is 0 Å². The number of ether oxygens (including phenoxy) is 1. The maximum absolute atomic E-state index is 5.13. The van der Waals surface area contributed by atoms with Crippen molar-refractivity contribution in [3.05, 3.63) is 35.9 Å². The molecule has 2 rings (SSSR count). The van der Waals surface area contributed by atoms with E-state index in [1.807, 2.05) is 37.1 Å². The molecule has 1 aromatic carbocycles. The Labute approximate surface area is 125 Å². The maximum atomic E-state index is 5.13. The van der Waals surface area contributed by atoms with E-state index in [0.717, 1.165) is 19.5 Å². The molecule has 6 nitrogen and oxygen atoms in total. The first-order valence-electron chi connectivity index (χ1n) is 7.02. The van der Waals surface area contributed by atoms with Gasteiger partial charge in [-0.3, -0.25) is 0 Å². The van der Waals surface area contributed by atoms with E-state index < -0.39 is 0 Å². The molecule has 0 aliphatic carbocycles. The zero-order valence-corrected chi connectivity index (χ0v) is 12.7. The molecule has 1 N–H and O–H groups in total. The van der Waals surface area contributed by atoms with Crippen LogP contribution in [0, 0.1) is 0 Å². The molecule has 0 saturated heterocycles. The Morgan fingerprint density at radius 3 is 2.57 bits per heavy atom. The van der Waals surface area contributed by atoms with Crippen molar-refractivity contribution in [1.82, 2.24) is 15.0 Å². The average Bonchev–Trinajstić information content (AvgIpc) is 2.53. The molecule has 0 aliphatic rings. The van der Waals surface area contributed by atoms with E-state index in [0.29, 0.717) is 17.9 Å². The summed E-state index contributed by atoms with van der Waals surface area (Å²) in [6, 6.07) is 10.7. The summed E-state index contributed by atoms with van der Waals surface area (Å²) in [4.78, 5) is 14.8. The topological polar surface area (TPSA) is 63.2 Å². The summed E-state index contributed by atoms with van der Waals surface area (Å²) in [5.41, 5.74) is 1.29.